The lowest BCUT2D eigenvalue weighted by Gasteiger charge is -2.52. The summed E-state index contributed by atoms with van der Waals surface area (Å²) in [6, 6.07) is 12.9. The number of hydrogen-bond acceptors (Lipinski definition) is 5. The molecule has 1 saturated heterocycles. The summed E-state index contributed by atoms with van der Waals surface area (Å²) in [6.07, 6.45) is 2.54. The van der Waals surface area contributed by atoms with E-state index in [1.807, 2.05) is 0 Å². The minimum absolute atomic E-state index is 0.223. The molecule has 5 rings (SSSR count). The minimum Gasteiger partial charge on any atom is -0.466 e. The molecule has 1 aromatic heterocycles. The summed E-state index contributed by atoms with van der Waals surface area (Å²) in [5, 5.41) is 7.33. The third-order valence-electron chi connectivity index (χ3n) is 5.45. The van der Waals surface area contributed by atoms with Gasteiger partial charge in [0.2, 0.25) is 5.72 Å². The van der Waals surface area contributed by atoms with Gasteiger partial charge in [-0.15, -0.1) is 11.3 Å². The summed E-state index contributed by atoms with van der Waals surface area (Å²) in [6.45, 7) is 4.97. The van der Waals surface area contributed by atoms with E-state index < -0.39 is 5.72 Å². The van der Waals surface area contributed by atoms with E-state index in [9.17, 15) is 0 Å². The van der Waals surface area contributed by atoms with Crippen LogP contribution in [0.1, 0.15) is 49.6 Å². The summed E-state index contributed by atoms with van der Waals surface area (Å²) < 4.78 is 13.8. The first-order valence-electron chi connectivity index (χ1n) is 9.00. The molecule has 136 valence electrons. The van der Waals surface area contributed by atoms with Gasteiger partial charge < -0.3 is 9.47 Å². The van der Waals surface area contributed by atoms with Crippen molar-refractivity contribution in [1.29, 1.82) is 0 Å². The molecule has 0 aliphatic carbocycles. The fraction of sp³-hybridized carbons (Fsp3) is 0.450. The molecule has 1 fully saturated rings. The number of thiophene rings is 1. The zero-order chi connectivity index (χ0) is 17.9. The fourth-order valence-corrected chi connectivity index (χ4v) is 5.80. The second kappa shape index (κ2) is 5.81. The van der Waals surface area contributed by atoms with Gasteiger partial charge in [0.25, 0.3) is 0 Å². The molecule has 4 heterocycles. The van der Waals surface area contributed by atoms with Gasteiger partial charge in [-0.05, 0) is 48.0 Å². The second-order valence-corrected chi connectivity index (χ2v) is 10.3. The first-order chi connectivity index (χ1) is 12.5. The molecule has 26 heavy (non-hydrogen) atoms. The Morgan fingerprint density at radius 2 is 2.08 bits per heavy atom. The molecule has 0 N–H and O–H groups in total. The molecular formula is C20H21BrN2O2S. The van der Waals surface area contributed by atoms with Crippen molar-refractivity contribution < 1.29 is 9.47 Å². The van der Waals surface area contributed by atoms with Crippen LogP contribution in [0.4, 0.5) is 0 Å². The van der Waals surface area contributed by atoms with Gasteiger partial charge in [0.05, 0.1) is 32.6 Å². The molecule has 0 bridgehead atoms. The topological polar surface area (TPSA) is 34.1 Å². The van der Waals surface area contributed by atoms with Crippen LogP contribution in [0.25, 0.3) is 0 Å². The average molecular weight is 433 g/mol. The van der Waals surface area contributed by atoms with Gasteiger partial charge in [0.15, 0.2) is 0 Å². The molecule has 3 aliphatic heterocycles. The van der Waals surface area contributed by atoms with E-state index in [1.54, 1.807) is 11.3 Å². The van der Waals surface area contributed by atoms with E-state index >= 15 is 0 Å². The summed E-state index contributed by atoms with van der Waals surface area (Å²) in [7, 11) is 0. The van der Waals surface area contributed by atoms with E-state index in [-0.39, 0.29) is 11.6 Å². The van der Waals surface area contributed by atoms with Gasteiger partial charge >= 0.3 is 0 Å². The Bertz CT molecular complexity index is 893. The van der Waals surface area contributed by atoms with Gasteiger partial charge in [-0.1, -0.05) is 18.2 Å². The predicted octanol–water partition coefficient (Wildman–Crippen LogP) is 5.34. The molecule has 2 aromatic rings. The highest BCUT2D eigenvalue weighted by atomic mass is 79.9. The molecule has 1 spiro atoms. The maximum Gasteiger partial charge on any atom is 0.203 e. The van der Waals surface area contributed by atoms with Gasteiger partial charge in [0, 0.05) is 24.8 Å². The Balaban J connectivity index is 1.61. The molecule has 0 saturated carbocycles. The zero-order valence-corrected chi connectivity index (χ0v) is 17.3. The normalized spacial score (nSPS) is 29.1. The maximum atomic E-state index is 6.63. The molecule has 3 aliphatic rings. The summed E-state index contributed by atoms with van der Waals surface area (Å²) >= 11 is 5.32. The Hall–Kier alpha value is -1.37. The Morgan fingerprint density at radius 1 is 1.23 bits per heavy atom. The largest absolute Gasteiger partial charge is 0.466 e. The van der Waals surface area contributed by atoms with E-state index in [1.165, 1.54) is 10.4 Å². The highest BCUT2D eigenvalue weighted by Gasteiger charge is 2.54. The van der Waals surface area contributed by atoms with Crippen LogP contribution in [-0.4, -0.2) is 28.7 Å². The summed E-state index contributed by atoms with van der Waals surface area (Å²) in [5.74, 6) is 0.996. The Labute approximate surface area is 165 Å². The van der Waals surface area contributed by atoms with Crippen molar-refractivity contribution in [2.75, 3.05) is 6.61 Å². The van der Waals surface area contributed by atoms with Crippen LogP contribution in [0.2, 0.25) is 0 Å². The monoisotopic (exact) mass is 432 g/mol. The lowest BCUT2D eigenvalue weighted by Crippen LogP contribution is -2.60. The molecule has 0 amide bonds. The SMILES string of the molecule is CC1(C)CC2(CCO1)Oc1ccccc1C1CC(c3ccc(Br)s3)=NN12. The molecular weight excluding hydrogens is 412 g/mol. The van der Waals surface area contributed by atoms with Crippen LogP contribution in [0.15, 0.2) is 45.3 Å². The average Bonchev–Trinajstić information content (AvgIpc) is 3.21. The zero-order valence-electron chi connectivity index (χ0n) is 14.9. The molecule has 4 nitrogen and oxygen atoms in total. The molecule has 1 aromatic carbocycles. The lowest BCUT2D eigenvalue weighted by molar-refractivity contribution is -0.212. The highest BCUT2D eigenvalue weighted by molar-refractivity contribution is 9.11. The van der Waals surface area contributed by atoms with Gasteiger partial charge in [-0.25, -0.2) is 5.01 Å². The number of hydrogen-bond donors (Lipinski definition) is 0. The van der Waals surface area contributed by atoms with Crippen LogP contribution in [-0.2, 0) is 4.74 Å². The number of para-hydroxylation sites is 1. The van der Waals surface area contributed by atoms with Crippen molar-refractivity contribution in [3.05, 3.63) is 50.6 Å². The standard InChI is InChI=1S/C20H21BrN2O2S/c1-19(2)12-20(9-10-24-19)23-15(13-5-3-4-6-16(13)25-20)11-14(22-23)17-7-8-18(21)26-17/h3-8,15H,9-12H2,1-2H3. The van der Waals surface area contributed by atoms with Crippen LogP contribution >= 0.6 is 27.3 Å². The first kappa shape index (κ1) is 16.8. The predicted molar refractivity (Wildman–Crippen MR) is 107 cm³/mol. The van der Waals surface area contributed by atoms with Crippen LogP contribution in [0, 0.1) is 0 Å². The Morgan fingerprint density at radius 3 is 2.85 bits per heavy atom. The van der Waals surface area contributed by atoms with Crippen molar-refractivity contribution in [2.24, 2.45) is 5.10 Å². The Kier molecular flexibility index (Phi) is 3.75. The first-order valence-corrected chi connectivity index (χ1v) is 10.6. The third kappa shape index (κ3) is 2.62. The van der Waals surface area contributed by atoms with Crippen molar-refractivity contribution in [3.63, 3.8) is 0 Å². The third-order valence-corrected chi connectivity index (χ3v) is 7.12. The number of fused-ring (bicyclic) bond motifs is 4. The minimum atomic E-state index is -0.434. The number of ether oxygens (including phenoxy) is 2. The fourth-order valence-electron chi connectivity index (χ4n) is 4.42. The number of hydrazone groups is 1. The van der Waals surface area contributed by atoms with E-state index in [0.717, 1.165) is 34.5 Å². The van der Waals surface area contributed by atoms with Gasteiger partial charge in [-0.3, -0.25) is 0 Å². The molecule has 6 heteroatoms. The number of nitrogens with zero attached hydrogens (tertiary/aromatic N) is 2. The highest BCUT2D eigenvalue weighted by Crippen LogP contribution is 2.52. The summed E-state index contributed by atoms with van der Waals surface area (Å²) in [4.78, 5) is 1.23. The lowest BCUT2D eigenvalue weighted by atomic mass is 9.86. The number of rotatable bonds is 1. The van der Waals surface area contributed by atoms with E-state index in [0.29, 0.717) is 6.61 Å². The van der Waals surface area contributed by atoms with Crippen molar-refractivity contribution in [1.82, 2.24) is 5.01 Å². The number of benzene rings is 1. The van der Waals surface area contributed by atoms with Crippen LogP contribution in [0.3, 0.4) is 0 Å². The van der Waals surface area contributed by atoms with E-state index in [2.05, 4.69) is 71.2 Å². The smallest absolute Gasteiger partial charge is 0.203 e. The van der Waals surface area contributed by atoms with E-state index in [4.69, 9.17) is 14.6 Å². The maximum absolute atomic E-state index is 6.63. The number of halogens is 1. The van der Waals surface area contributed by atoms with Gasteiger partial charge in [0.1, 0.15) is 5.75 Å². The van der Waals surface area contributed by atoms with Crippen molar-refractivity contribution in [2.45, 2.75) is 50.5 Å². The second-order valence-electron chi connectivity index (χ2n) is 7.84. The molecule has 2 atom stereocenters. The molecule has 0 radical (unpaired) electrons. The summed E-state index contributed by atoms with van der Waals surface area (Å²) in [5.41, 5.74) is 1.72. The van der Waals surface area contributed by atoms with Crippen LogP contribution < -0.4 is 4.74 Å². The van der Waals surface area contributed by atoms with Crippen LogP contribution in [0.5, 0.6) is 5.75 Å². The molecule has 2 unspecified atom stereocenters. The quantitative estimate of drug-likeness (QED) is 0.609. The van der Waals surface area contributed by atoms with Crippen molar-refractivity contribution >= 4 is 33.0 Å². The van der Waals surface area contributed by atoms with Crippen molar-refractivity contribution in [3.8, 4) is 5.75 Å². The van der Waals surface area contributed by atoms with Gasteiger partial charge in [-0.2, -0.15) is 5.10 Å².